The predicted octanol–water partition coefficient (Wildman–Crippen LogP) is 2.51. The Kier molecular flexibility index (Phi) is 8.48. The van der Waals surface area contributed by atoms with E-state index in [-0.39, 0.29) is 6.04 Å². The maximum Gasteiger partial charge on any atom is 0.191 e. The highest BCUT2D eigenvalue weighted by molar-refractivity contribution is 5.79. The first kappa shape index (κ1) is 19.3. The normalized spacial score (nSPS) is 13.3. The van der Waals surface area contributed by atoms with E-state index in [0.29, 0.717) is 5.92 Å². The number of hydrogen-bond acceptors (Lipinski definition) is 3. The third-order valence-corrected chi connectivity index (χ3v) is 3.55. The molecule has 2 N–H and O–H groups in total. The molecule has 0 spiro atoms. The molecule has 1 rings (SSSR count). The average Bonchev–Trinajstić information content (AvgIpc) is 2.52. The summed E-state index contributed by atoms with van der Waals surface area (Å²) in [6.45, 7) is 8.91. The molecule has 0 saturated heterocycles. The summed E-state index contributed by atoms with van der Waals surface area (Å²) in [4.78, 5) is 6.83. The van der Waals surface area contributed by atoms with Crippen LogP contribution in [0, 0.1) is 5.92 Å². The van der Waals surface area contributed by atoms with E-state index in [1.54, 1.807) is 7.11 Å². The molecule has 0 aliphatic rings. The Morgan fingerprint density at radius 3 is 2.30 bits per heavy atom. The minimum Gasteiger partial charge on any atom is -0.497 e. The molecule has 1 unspecified atom stereocenters. The van der Waals surface area contributed by atoms with Crippen molar-refractivity contribution in [3.05, 3.63) is 29.8 Å². The number of nitrogens with zero attached hydrogens (tertiary/aromatic N) is 2. The first-order chi connectivity index (χ1) is 11.0. The largest absolute Gasteiger partial charge is 0.497 e. The summed E-state index contributed by atoms with van der Waals surface area (Å²) < 4.78 is 5.24. The molecule has 0 amide bonds. The van der Waals surface area contributed by atoms with Crippen LogP contribution in [0.25, 0.3) is 0 Å². The van der Waals surface area contributed by atoms with Crippen molar-refractivity contribution in [1.29, 1.82) is 0 Å². The summed E-state index contributed by atoms with van der Waals surface area (Å²) in [5.74, 6) is 2.31. The van der Waals surface area contributed by atoms with E-state index in [0.717, 1.165) is 31.3 Å². The lowest BCUT2D eigenvalue weighted by Crippen LogP contribution is -2.42. The summed E-state index contributed by atoms with van der Waals surface area (Å²) in [5.41, 5.74) is 1.25. The van der Waals surface area contributed by atoms with Crippen LogP contribution in [0.3, 0.4) is 0 Å². The topological polar surface area (TPSA) is 48.9 Å². The number of methoxy groups -OCH3 is 1. The lowest BCUT2D eigenvalue weighted by Gasteiger charge is -2.26. The molecule has 1 aromatic carbocycles. The average molecular weight is 320 g/mol. The molecule has 5 nitrogen and oxygen atoms in total. The molecule has 0 radical (unpaired) electrons. The van der Waals surface area contributed by atoms with E-state index in [4.69, 9.17) is 4.74 Å². The molecule has 0 aromatic heterocycles. The second-order valence-corrected chi connectivity index (χ2v) is 6.25. The lowest BCUT2D eigenvalue weighted by atomic mass is 10.1. The SMILES string of the molecule is CCNC(=NCC(C)C)NCC(c1ccc(OC)cc1)N(C)C. The molecule has 23 heavy (non-hydrogen) atoms. The fraction of sp³-hybridized carbons (Fsp3) is 0.611. The van der Waals surface area contributed by atoms with Gasteiger partial charge >= 0.3 is 0 Å². The van der Waals surface area contributed by atoms with E-state index in [1.165, 1.54) is 5.56 Å². The molecular formula is C18H32N4O. The van der Waals surface area contributed by atoms with Crippen molar-refractivity contribution < 1.29 is 4.74 Å². The number of benzene rings is 1. The fourth-order valence-corrected chi connectivity index (χ4v) is 2.23. The highest BCUT2D eigenvalue weighted by Crippen LogP contribution is 2.20. The van der Waals surface area contributed by atoms with Crippen molar-refractivity contribution >= 4 is 5.96 Å². The first-order valence-corrected chi connectivity index (χ1v) is 8.30. The van der Waals surface area contributed by atoms with Crippen molar-refractivity contribution in [2.75, 3.05) is 40.8 Å². The van der Waals surface area contributed by atoms with Crippen LogP contribution in [0.5, 0.6) is 5.75 Å². The Bertz CT molecular complexity index is 468. The zero-order valence-electron chi connectivity index (χ0n) is 15.4. The third kappa shape index (κ3) is 6.91. The smallest absolute Gasteiger partial charge is 0.191 e. The number of nitrogens with one attached hydrogen (secondary N) is 2. The monoisotopic (exact) mass is 320 g/mol. The summed E-state index contributed by atoms with van der Waals surface area (Å²) in [6.07, 6.45) is 0. The molecule has 130 valence electrons. The van der Waals surface area contributed by atoms with Gasteiger partial charge in [-0.1, -0.05) is 26.0 Å². The van der Waals surface area contributed by atoms with Crippen LogP contribution in [0.4, 0.5) is 0 Å². The van der Waals surface area contributed by atoms with E-state index in [2.05, 4.69) is 67.5 Å². The summed E-state index contributed by atoms with van der Waals surface area (Å²) in [5, 5.41) is 6.75. The highest BCUT2D eigenvalue weighted by Gasteiger charge is 2.14. The van der Waals surface area contributed by atoms with Gasteiger partial charge in [0.15, 0.2) is 5.96 Å². The zero-order valence-corrected chi connectivity index (χ0v) is 15.4. The molecule has 0 aliphatic carbocycles. The quantitative estimate of drug-likeness (QED) is 0.571. The van der Waals surface area contributed by atoms with Crippen molar-refractivity contribution in [2.24, 2.45) is 10.9 Å². The lowest BCUT2D eigenvalue weighted by molar-refractivity contribution is 0.298. The molecule has 0 saturated carbocycles. The predicted molar refractivity (Wildman–Crippen MR) is 98.2 cm³/mol. The molecule has 1 atom stereocenters. The van der Waals surface area contributed by atoms with E-state index < -0.39 is 0 Å². The first-order valence-electron chi connectivity index (χ1n) is 8.30. The second-order valence-electron chi connectivity index (χ2n) is 6.25. The van der Waals surface area contributed by atoms with Crippen LogP contribution in [0.1, 0.15) is 32.4 Å². The van der Waals surface area contributed by atoms with Crippen LogP contribution >= 0.6 is 0 Å². The fourth-order valence-electron chi connectivity index (χ4n) is 2.23. The Morgan fingerprint density at radius 2 is 1.83 bits per heavy atom. The van der Waals surface area contributed by atoms with Crippen molar-refractivity contribution in [3.63, 3.8) is 0 Å². The maximum absolute atomic E-state index is 5.24. The van der Waals surface area contributed by atoms with E-state index >= 15 is 0 Å². The van der Waals surface area contributed by atoms with E-state index in [1.807, 2.05) is 12.1 Å². The summed E-state index contributed by atoms with van der Waals surface area (Å²) in [6, 6.07) is 8.50. The van der Waals surface area contributed by atoms with Crippen molar-refractivity contribution in [2.45, 2.75) is 26.8 Å². The standard InChI is InChI=1S/C18H32N4O/c1-7-19-18(20-12-14(2)3)21-13-17(22(4)5)15-8-10-16(23-6)11-9-15/h8-11,14,17H,7,12-13H2,1-6H3,(H2,19,20,21). The molecule has 5 heteroatoms. The van der Waals surface area contributed by atoms with Crippen LogP contribution in [0.15, 0.2) is 29.3 Å². The molecule has 0 heterocycles. The minimum absolute atomic E-state index is 0.267. The van der Waals surface area contributed by atoms with Gasteiger partial charge in [0.1, 0.15) is 5.75 Å². The summed E-state index contributed by atoms with van der Waals surface area (Å²) in [7, 11) is 5.87. The maximum atomic E-state index is 5.24. The molecule has 1 aromatic rings. The van der Waals surface area contributed by atoms with Crippen molar-refractivity contribution in [1.82, 2.24) is 15.5 Å². The second kappa shape index (κ2) is 10.1. The van der Waals surface area contributed by atoms with Gasteiger partial charge in [0, 0.05) is 19.6 Å². The van der Waals surface area contributed by atoms with Gasteiger partial charge in [-0.3, -0.25) is 4.99 Å². The minimum atomic E-state index is 0.267. The van der Waals surface area contributed by atoms with Crippen molar-refractivity contribution in [3.8, 4) is 5.75 Å². The Hall–Kier alpha value is -1.75. The number of rotatable bonds is 8. The van der Waals surface area contributed by atoms with E-state index in [9.17, 15) is 0 Å². The van der Waals surface area contributed by atoms with Crippen LogP contribution < -0.4 is 15.4 Å². The zero-order chi connectivity index (χ0) is 17.2. The van der Waals surface area contributed by atoms with Crippen LogP contribution in [0.2, 0.25) is 0 Å². The van der Waals surface area contributed by atoms with Gasteiger partial charge < -0.3 is 20.3 Å². The number of ether oxygens (including phenoxy) is 1. The number of hydrogen-bond donors (Lipinski definition) is 2. The molecule has 0 bridgehead atoms. The van der Waals surface area contributed by atoms with Crippen LogP contribution in [-0.2, 0) is 0 Å². The van der Waals surface area contributed by atoms with Gasteiger partial charge in [-0.15, -0.1) is 0 Å². The Labute approximate surface area is 141 Å². The van der Waals surface area contributed by atoms with Gasteiger partial charge in [-0.05, 0) is 44.6 Å². The van der Waals surface area contributed by atoms with Gasteiger partial charge in [-0.2, -0.15) is 0 Å². The third-order valence-electron chi connectivity index (χ3n) is 3.55. The van der Waals surface area contributed by atoms with Crippen LogP contribution in [-0.4, -0.2) is 51.7 Å². The molecule has 0 aliphatic heterocycles. The number of aliphatic imine (C=N–C) groups is 1. The highest BCUT2D eigenvalue weighted by atomic mass is 16.5. The molecule has 0 fully saturated rings. The van der Waals surface area contributed by atoms with Gasteiger partial charge in [0.25, 0.3) is 0 Å². The van der Waals surface area contributed by atoms with Gasteiger partial charge in [0.05, 0.1) is 13.2 Å². The Balaban J connectivity index is 2.75. The summed E-state index contributed by atoms with van der Waals surface area (Å²) >= 11 is 0. The number of likely N-dealkylation sites (N-methyl/N-ethyl adjacent to an activating group) is 1. The van der Waals surface area contributed by atoms with Gasteiger partial charge in [-0.25, -0.2) is 0 Å². The molecular weight excluding hydrogens is 288 g/mol. The Morgan fingerprint density at radius 1 is 1.17 bits per heavy atom. The number of guanidine groups is 1. The van der Waals surface area contributed by atoms with Gasteiger partial charge in [0.2, 0.25) is 0 Å².